The number of nitrogens with one attached hydrogen (secondary N) is 1. The van der Waals surface area contributed by atoms with Gasteiger partial charge in [0.1, 0.15) is 0 Å². The number of thioether (sulfide) groups is 1. The number of nitrogens with zero attached hydrogens (tertiary/aromatic N) is 2. The molecule has 2 atom stereocenters. The Hall–Kier alpha value is -0.480. The van der Waals surface area contributed by atoms with Crippen LogP contribution in [0.5, 0.6) is 0 Å². The first-order valence-electron chi connectivity index (χ1n) is 5.66. The van der Waals surface area contributed by atoms with Gasteiger partial charge < -0.3 is 5.32 Å². The molecule has 1 aliphatic heterocycles. The lowest BCUT2D eigenvalue weighted by Gasteiger charge is -2.26. The van der Waals surface area contributed by atoms with Crippen molar-refractivity contribution in [2.24, 2.45) is 0 Å². The minimum atomic E-state index is 0.508. The van der Waals surface area contributed by atoms with Crippen LogP contribution in [0.15, 0.2) is 18.5 Å². The zero-order valence-corrected chi connectivity index (χ0v) is 10.0. The molecule has 0 aromatic carbocycles. The zero-order chi connectivity index (χ0) is 10.5. The van der Waals surface area contributed by atoms with Crippen molar-refractivity contribution in [3.63, 3.8) is 0 Å². The first-order chi connectivity index (χ1) is 7.34. The molecule has 1 saturated heterocycles. The number of rotatable bonds is 4. The first-order valence-corrected chi connectivity index (χ1v) is 6.81. The van der Waals surface area contributed by atoms with Gasteiger partial charge >= 0.3 is 0 Å². The number of aromatic nitrogens is 2. The summed E-state index contributed by atoms with van der Waals surface area (Å²) in [5.74, 6) is 2.61. The molecule has 1 fully saturated rings. The van der Waals surface area contributed by atoms with Crippen LogP contribution in [0, 0.1) is 0 Å². The van der Waals surface area contributed by atoms with Crippen LogP contribution in [-0.4, -0.2) is 33.4 Å². The second-order valence-corrected chi connectivity index (χ2v) is 5.36. The van der Waals surface area contributed by atoms with Crippen molar-refractivity contribution in [1.29, 1.82) is 0 Å². The molecule has 0 amide bonds. The van der Waals surface area contributed by atoms with E-state index < -0.39 is 0 Å². The summed E-state index contributed by atoms with van der Waals surface area (Å²) in [6, 6.07) is 3.19. The lowest BCUT2D eigenvalue weighted by Crippen LogP contribution is -2.41. The van der Waals surface area contributed by atoms with Crippen molar-refractivity contribution in [2.45, 2.75) is 38.4 Å². The first kappa shape index (κ1) is 11.0. The van der Waals surface area contributed by atoms with Crippen LogP contribution in [-0.2, 0) is 6.54 Å². The summed E-state index contributed by atoms with van der Waals surface area (Å²) in [6.07, 6.45) is 6.55. The van der Waals surface area contributed by atoms with Gasteiger partial charge in [0.15, 0.2) is 0 Å². The van der Waals surface area contributed by atoms with Crippen LogP contribution in [0.2, 0.25) is 0 Å². The van der Waals surface area contributed by atoms with Crippen molar-refractivity contribution in [2.75, 3.05) is 11.5 Å². The topological polar surface area (TPSA) is 29.9 Å². The number of hydrogen-bond acceptors (Lipinski definition) is 3. The molecule has 0 spiro atoms. The third-order valence-corrected chi connectivity index (χ3v) is 3.92. The minimum Gasteiger partial charge on any atom is -0.309 e. The molecule has 84 valence electrons. The highest BCUT2D eigenvalue weighted by Crippen LogP contribution is 2.17. The monoisotopic (exact) mass is 225 g/mol. The highest BCUT2D eigenvalue weighted by Gasteiger charge is 2.15. The third-order valence-electron chi connectivity index (χ3n) is 2.70. The molecule has 2 rings (SSSR count). The van der Waals surface area contributed by atoms with E-state index in [4.69, 9.17) is 0 Å². The Morgan fingerprint density at radius 3 is 3.27 bits per heavy atom. The summed E-state index contributed by atoms with van der Waals surface area (Å²) >= 11 is 2.07. The summed E-state index contributed by atoms with van der Waals surface area (Å²) in [5.41, 5.74) is 0. The highest BCUT2D eigenvalue weighted by molar-refractivity contribution is 7.99. The Kier molecular flexibility index (Phi) is 4.09. The average Bonchev–Trinajstić information content (AvgIpc) is 2.71. The summed E-state index contributed by atoms with van der Waals surface area (Å²) < 4.78 is 1.99. The molecule has 0 saturated carbocycles. The molecule has 0 bridgehead atoms. The van der Waals surface area contributed by atoms with E-state index in [1.165, 1.54) is 24.3 Å². The second kappa shape index (κ2) is 5.56. The molecule has 0 radical (unpaired) electrons. The summed E-state index contributed by atoms with van der Waals surface area (Å²) in [5, 5.41) is 7.90. The zero-order valence-electron chi connectivity index (χ0n) is 9.22. The van der Waals surface area contributed by atoms with Gasteiger partial charge in [-0.2, -0.15) is 16.9 Å². The van der Waals surface area contributed by atoms with Crippen LogP contribution in [0.3, 0.4) is 0 Å². The fourth-order valence-electron chi connectivity index (χ4n) is 2.02. The van der Waals surface area contributed by atoms with Gasteiger partial charge in [0, 0.05) is 30.2 Å². The standard InChI is InChI=1S/C11H19N3S/c1-10(8-14-6-3-5-12-14)13-11-4-2-7-15-9-11/h3,5-6,10-11,13H,2,4,7-9H2,1H3. The van der Waals surface area contributed by atoms with E-state index in [0.29, 0.717) is 12.1 Å². The molecule has 1 N–H and O–H groups in total. The molecule has 15 heavy (non-hydrogen) atoms. The Morgan fingerprint density at radius 2 is 2.60 bits per heavy atom. The van der Waals surface area contributed by atoms with E-state index in [1.54, 1.807) is 0 Å². The Bertz CT molecular complexity index is 267. The van der Waals surface area contributed by atoms with E-state index in [1.807, 2.05) is 23.1 Å². The van der Waals surface area contributed by atoms with Crippen LogP contribution >= 0.6 is 11.8 Å². The lowest BCUT2D eigenvalue weighted by atomic mass is 10.1. The quantitative estimate of drug-likeness (QED) is 0.847. The average molecular weight is 225 g/mol. The van der Waals surface area contributed by atoms with Crippen molar-refractivity contribution < 1.29 is 0 Å². The Balaban J connectivity index is 1.74. The highest BCUT2D eigenvalue weighted by atomic mass is 32.2. The Labute approximate surface area is 95.6 Å². The molecule has 1 aromatic heterocycles. The molecule has 0 aliphatic carbocycles. The van der Waals surface area contributed by atoms with E-state index in [-0.39, 0.29) is 0 Å². The van der Waals surface area contributed by atoms with Gasteiger partial charge in [-0.05, 0) is 31.6 Å². The van der Waals surface area contributed by atoms with Crippen LogP contribution in [0.1, 0.15) is 19.8 Å². The molecule has 3 nitrogen and oxygen atoms in total. The van der Waals surface area contributed by atoms with E-state index in [9.17, 15) is 0 Å². The van der Waals surface area contributed by atoms with Crippen LogP contribution in [0.25, 0.3) is 0 Å². The van der Waals surface area contributed by atoms with Gasteiger partial charge in [-0.3, -0.25) is 4.68 Å². The predicted octanol–water partition coefficient (Wildman–Crippen LogP) is 1.76. The smallest absolute Gasteiger partial charge is 0.0560 e. The largest absolute Gasteiger partial charge is 0.309 e. The van der Waals surface area contributed by atoms with Crippen molar-refractivity contribution in [1.82, 2.24) is 15.1 Å². The molecule has 2 unspecified atom stereocenters. The van der Waals surface area contributed by atoms with Crippen LogP contribution in [0.4, 0.5) is 0 Å². The fourth-order valence-corrected chi connectivity index (χ4v) is 3.10. The van der Waals surface area contributed by atoms with E-state index >= 15 is 0 Å². The van der Waals surface area contributed by atoms with Gasteiger partial charge in [0.2, 0.25) is 0 Å². The van der Waals surface area contributed by atoms with E-state index in [0.717, 1.165) is 6.54 Å². The number of hydrogen-bond donors (Lipinski definition) is 1. The van der Waals surface area contributed by atoms with Gasteiger partial charge in [-0.15, -0.1) is 0 Å². The molecular weight excluding hydrogens is 206 g/mol. The van der Waals surface area contributed by atoms with Gasteiger partial charge in [-0.1, -0.05) is 0 Å². The third kappa shape index (κ3) is 3.54. The summed E-state index contributed by atoms with van der Waals surface area (Å²) in [7, 11) is 0. The SMILES string of the molecule is CC(Cn1cccn1)NC1CCCSC1. The van der Waals surface area contributed by atoms with Gasteiger partial charge in [0.05, 0.1) is 6.54 Å². The summed E-state index contributed by atoms with van der Waals surface area (Å²) in [4.78, 5) is 0. The Morgan fingerprint density at radius 1 is 1.67 bits per heavy atom. The molecule has 1 aliphatic rings. The molecule has 4 heteroatoms. The fraction of sp³-hybridized carbons (Fsp3) is 0.727. The van der Waals surface area contributed by atoms with Gasteiger partial charge in [0.25, 0.3) is 0 Å². The second-order valence-electron chi connectivity index (χ2n) is 4.21. The normalized spacial score (nSPS) is 23.9. The maximum absolute atomic E-state index is 4.22. The maximum Gasteiger partial charge on any atom is 0.0560 e. The van der Waals surface area contributed by atoms with E-state index in [2.05, 4.69) is 29.1 Å². The maximum atomic E-state index is 4.22. The molecule has 2 heterocycles. The van der Waals surface area contributed by atoms with Crippen LogP contribution < -0.4 is 5.32 Å². The summed E-state index contributed by atoms with van der Waals surface area (Å²) in [6.45, 7) is 3.20. The van der Waals surface area contributed by atoms with Crippen molar-refractivity contribution in [3.05, 3.63) is 18.5 Å². The predicted molar refractivity (Wildman–Crippen MR) is 65.2 cm³/mol. The lowest BCUT2D eigenvalue weighted by molar-refractivity contribution is 0.393. The van der Waals surface area contributed by atoms with Crippen molar-refractivity contribution in [3.8, 4) is 0 Å². The van der Waals surface area contributed by atoms with Gasteiger partial charge in [-0.25, -0.2) is 0 Å². The minimum absolute atomic E-state index is 0.508. The van der Waals surface area contributed by atoms with Crippen molar-refractivity contribution >= 4 is 11.8 Å². The molecule has 1 aromatic rings. The molecular formula is C11H19N3S.